The summed E-state index contributed by atoms with van der Waals surface area (Å²) < 4.78 is 11.0. The first kappa shape index (κ1) is 18.2. The van der Waals surface area contributed by atoms with Gasteiger partial charge in [-0.3, -0.25) is 4.79 Å². The monoisotopic (exact) mass is 443 g/mol. The van der Waals surface area contributed by atoms with Crippen LogP contribution in [0.15, 0.2) is 22.7 Å². The predicted molar refractivity (Wildman–Crippen MR) is 101 cm³/mol. The van der Waals surface area contributed by atoms with E-state index in [1.165, 1.54) is 18.4 Å². The SMILES string of the molecule is COC(=O)c1c(NC(=O)COc2ccc(Cl)cc2Br)sc2c1CCC2. The molecule has 1 aromatic carbocycles. The van der Waals surface area contributed by atoms with E-state index in [-0.39, 0.29) is 12.5 Å². The lowest BCUT2D eigenvalue weighted by atomic mass is 10.1. The van der Waals surface area contributed by atoms with Crippen molar-refractivity contribution in [2.24, 2.45) is 0 Å². The molecule has 0 saturated carbocycles. The second-order valence-electron chi connectivity index (χ2n) is 5.46. The van der Waals surface area contributed by atoms with E-state index in [9.17, 15) is 9.59 Å². The number of carbonyl (C=O) groups excluding carboxylic acids is 2. The molecule has 2 aromatic rings. The molecule has 1 aliphatic rings. The molecule has 0 atom stereocenters. The summed E-state index contributed by atoms with van der Waals surface area (Å²) in [6.45, 7) is -0.177. The van der Waals surface area contributed by atoms with E-state index in [4.69, 9.17) is 21.1 Å². The zero-order valence-electron chi connectivity index (χ0n) is 13.4. The minimum Gasteiger partial charge on any atom is -0.483 e. The number of hydrogen-bond acceptors (Lipinski definition) is 5. The number of nitrogens with one attached hydrogen (secondary N) is 1. The Balaban J connectivity index is 1.70. The van der Waals surface area contributed by atoms with Crippen LogP contribution in [0.5, 0.6) is 5.75 Å². The van der Waals surface area contributed by atoms with Crippen LogP contribution in [0.1, 0.15) is 27.2 Å². The predicted octanol–water partition coefficient (Wildman–Crippen LogP) is 4.46. The van der Waals surface area contributed by atoms with Gasteiger partial charge in [0.25, 0.3) is 5.91 Å². The number of aryl methyl sites for hydroxylation is 1. The molecule has 0 fully saturated rings. The number of carbonyl (C=O) groups is 2. The van der Waals surface area contributed by atoms with Gasteiger partial charge in [0.1, 0.15) is 10.8 Å². The van der Waals surface area contributed by atoms with Crippen molar-refractivity contribution in [1.29, 1.82) is 0 Å². The van der Waals surface area contributed by atoms with E-state index in [1.54, 1.807) is 18.2 Å². The summed E-state index contributed by atoms with van der Waals surface area (Å²) in [5.74, 6) is -0.246. The van der Waals surface area contributed by atoms with Crippen LogP contribution in [0.25, 0.3) is 0 Å². The second kappa shape index (κ2) is 7.76. The first-order chi connectivity index (χ1) is 12.0. The molecule has 1 amide bonds. The van der Waals surface area contributed by atoms with Gasteiger partial charge in [0.05, 0.1) is 17.1 Å². The molecule has 0 spiro atoms. The number of methoxy groups -OCH3 is 1. The highest BCUT2D eigenvalue weighted by Crippen LogP contribution is 2.39. The number of rotatable bonds is 5. The molecule has 0 saturated heterocycles. The molecule has 8 heteroatoms. The molecule has 3 rings (SSSR count). The molecule has 25 heavy (non-hydrogen) atoms. The summed E-state index contributed by atoms with van der Waals surface area (Å²) in [7, 11) is 1.34. The highest BCUT2D eigenvalue weighted by molar-refractivity contribution is 9.10. The highest BCUT2D eigenvalue weighted by Gasteiger charge is 2.28. The minimum absolute atomic E-state index is 0.177. The number of ether oxygens (including phenoxy) is 2. The van der Waals surface area contributed by atoms with Gasteiger partial charge in [-0.15, -0.1) is 11.3 Å². The Bertz CT molecular complexity index is 836. The van der Waals surface area contributed by atoms with Crippen molar-refractivity contribution in [3.05, 3.63) is 43.7 Å². The topological polar surface area (TPSA) is 64.6 Å². The standard InChI is InChI=1S/C17H15BrClNO4S/c1-23-17(22)15-10-3-2-4-13(10)25-16(15)20-14(21)8-24-12-6-5-9(19)7-11(12)18/h5-7H,2-4,8H2,1H3,(H,20,21). The number of fused-ring (bicyclic) bond motifs is 1. The van der Waals surface area contributed by atoms with Crippen LogP contribution in [0, 0.1) is 0 Å². The highest BCUT2D eigenvalue weighted by atomic mass is 79.9. The van der Waals surface area contributed by atoms with Gasteiger partial charge >= 0.3 is 5.97 Å². The number of esters is 1. The van der Waals surface area contributed by atoms with Gasteiger partial charge in [-0.2, -0.15) is 0 Å². The molecule has 1 aromatic heterocycles. The number of hydrogen-bond donors (Lipinski definition) is 1. The lowest BCUT2D eigenvalue weighted by Crippen LogP contribution is -2.21. The third kappa shape index (κ3) is 3.99. The van der Waals surface area contributed by atoms with Crippen LogP contribution in [-0.4, -0.2) is 25.6 Å². The Morgan fingerprint density at radius 2 is 2.16 bits per heavy atom. The maximum Gasteiger partial charge on any atom is 0.341 e. The van der Waals surface area contributed by atoms with E-state index < -0.39 is 5.97 Å². The van der Waals surface area contributed by atoms with Crippen molar-refractivity contribution in [2.45, 2.75) is 19.3 Å². The summed E-state index contributed by atoms with van der Waals surface area (Å²) >= 11 is 10.6. The van der Waals surface area contributed by atoms with Gasteiger partial charge in [0.2, 0.25) is 0 Å². The maximum atomic E-state index is 12.2. The molecule has 0 radical (unpaired) electrons. The van der Waals surface area contributed by atoms with Gasteiger partial charge in [-0.1, -0.05) is 11.6 Å². The first-order valence-electron chi connectivity index (χ1n) is 7.60. The zero-order valence-corrected chi connectivity index (χ0v) is 16.5. The fraction of sp³-hybridized carbons (Fsp3) is 0.294. The second-order valence-corrected chi connectivity index (χ2v) is 7.86. The lowest BCUT2D eigenvalue weighted by molar-refractivity contribution is -0.118. The van der Waals surface area contributed by atoms with Crippen LogP contribution < -0.4 is 10.1 Å². The largest absolute Gasteiger partial charge is 0.483 e. The normalized spacial score (nSPS) is 12.6. The number of amides is 1. The van der Waals surface area contributed by atoms with Gasteiger partial charge in [-0.25, -0.2) is 4.79 Å². The van der Waals surface area contributed by atoms with Crippen LogP contribution in [0.3, 0.4) is 0 Å². The number of thiophene rings is 1. The summed E-state index contributed by atoms with van der Waals surface area (Å²) in [5.41, 5.74) is 1.47. The maximum absolute atomic E-state index is 12.2. The Morgan fingerprint density at radius 3 is 2.88 bits per heavy atom. The van der Waals surface area contributed by atoms with Crippen molar-refractivity contribution in [2.75, 3.05) is 19.0 Å². The van der Waals surface area contributed by atoms with E-state index in [0.717, 1.165) is 29.7 Å². The Morgan fingerprint density at radius 1 is 1.36 bits per heavy atom. The molecule has 5 nitrogen and oxygen atoms in total. The Kier molecular flexibility index (Phi) is 5.66. The molecule has 132 valence electrons. The van der Waals surface area contributed by atoms with Crippen LogP contribution in [0.4, 0.5) is 5.00 Å². The van der Waals surface area contributed by atoms with Gasteiger partial charge in [-0.05, 0) is 59.0 Å². The van der Waals surface area contributed by atoms with Gasteiger partial charge < -0.3 is 14.8 Å². The lowest BCUT2D eigenvalue weighted by Gasteiger charge is -2.09. The van der Waals surface area contributed by atoms with E-state index in [1.807, 2.05) is 0 Å². The molecule has 0 bridgehead atoms. The van der Waals surface area contributed by atoms with Crippen molar-refractivity contribution >= 4 is 55.7 Å². The van der Waals surface area contributed by atoms with E-state index >= 15 is 0 Å². The summed E-state index contributed by atoms with van der Waals surface area (Å²) in [6, 6.07) is 5.05. The van der Waals surface area contributed by atoms with Crippen LogP contribution in [0.2, 0.25) is 5.02 Å². The average Bonchev–Trinajstić information content (AvgIpc) is 3.14. The third-order valence-corrected chi connectivity index (χ3v) is 5.88. The number of anilines is 1. The summed E-state index contributed by atoms with van der Waals surface area (Å²) in [5, 5.41) is 3.87. The van der Waals surface area contributed by atoms with Gasteiger partial charge in [0.15, 0.2) is 6.61 Å². The zero-order chi connectivity index (χ0) is 18.0. The molecule has 0 aliphatic heterocycles. The molecule has 1 N–H and O–H groups in total. The molecule has 0 unspecified atom stereocenters. The molecule has 1 heterocycles. The van der Waals surface area contributed by atoms with Gasteiger partial charge in [0, 0.05) is 9.90 Å². The molecular formula is C17H15BrClNO4S. The fourth-order valence-electron chi connectivity index (χ4n) is 2.71. The van der Waals surface area contributed by atoms with Crippen molar-refractivity contribution in [3.8, 4) is 5.75 Å². The minimum atomic E-state index is -0.420. The van der Waals surface area contributed by atoms with Crippen molar-refractivity contribution in [1.82, 2.24) is 0 Å². The Labute approximate surface area is 162 Å². The van der Waals surface area contributed by atoms with Crippen molar-refractivity contribution < 1.29 is 19.1 Å². The third-order valence-electron chi connectivity index (χ3n) is 3.82. The Hall–Kier alpha value is -1.57. The van der Waals surface area contributed by atoms with Crippen molar-refractivity contribution in [3.63, 3.8) is 0 Å². The van der Waals surface area contributed by atoms with Crippen LogP contribution in [-0.2, 0) is 22.4 Å². The smallest absolute Gasteiger partial charge is 0.341 e. The summed E-state index contributed by atoms with van der Waals surface area (Å²) in [6.07, 6.45) is 2.78. The van der Waals surface area contributed by atoms with Crippen LogP contribution >= 0.6 is 38.9 Å². The van der Waals surface area contributed by atoms with E-state index in [2.05, 4.69) is 21.2 Å². The number of halogens is 2. The fourth-order valence-corrected chi connectivity index (χ4v) is 4.80. The first-order valence-corrected chi connectivity index (χ1v) is 9.59. The molecular weight excluding hydrogens is 430 g/mol. The summed E-state index contributed by atoms with van der Waals surface area (Å²) in [4.78, 5) is 25.4. The molecule has 1 aliphatic carbocycles. The number of benzene rings is 1. The average molecular weight is 445 g/mol. The quantitative estimate of drug-likeness (QED) is 0.692. The van der Waals surface area contributed by atoms with E-state index in [0.29, 0.717) is 25.8 Å².